The van der Waals surface area contributed by atoms with Crippen LogP contribution in [0.4, 0.5) is 5.69 Å². The molecular weight excluding hydrogens is 364 g/mol. The minimum absolute atomic E-state index is 0.266. The van der Waals surface area contributed by atoms with Crippen molar-refractivity contribution in [3.63, 3.8) is 0 Å². The number of carbonyl (C=O) groups is 1. The fourth-order valence-corrected chi connectivity index (χ4v) is 2.96. The molecule has 2 N–H and O–H groups in total. The number of halogens is 1. The second-order valence-corrected chi connectivity index (χ2v) is 6.39. The van der Waals surface area contributed by atoms with E-state index in [0.717, 1.165) is 11.1 Å². The summed E-state index contributed by atoms with van der Waals surface area (Å²) in [5.74, 6) is -0.352. The van der Waals surface area contributed by atoms with E-state index in [1.165, 1.54) is 0 Å². The van der Waals surface area contributed by atoms with E-state index in [4.69, 9.17) is 16.9 Å². The predicted octanol–water partition coefficient (Wildman–Crippen LogP) is 3.59. The number of nitrogens with zero attached hydrogens (tertiary/aromatic N) is 4. The Morgan fingerprint density at radius 3 is 3.04 bits per heavy atom. The average Bonchev–Trinajstić information content (AvgIpc) is 3.28. The monoisotopic (exact) mass is 376 g/mol. The number of nitriles is 1. The smallest absolute Gasteiger partial charge is 0.276 e. The highest BCUT2D eigenvalue weighted by Crippen LogP contribution is 2.21. The van der Waals surface area contributed by atoms with Gasteiger partial charge in [0.2, 0.25) is 0 Å². The number of H-pyrrole nitrogens is 1. The Labute approximate surface area is 159 Å². The molecule has 0 bridgehead atoms. The van der Waals surface area contributed by atoms with Crippen LogP contribution in [0.15, 0.2) is 54.9 Å². The maximum Gasteiger partial charge on any atom is 0.276 e. The molecule has 4 aromatic rings. The van der Waals surface area contributed by atoms with Gasteiger partial charge in [0, 0.05) is 16.6 Å². The molecule has 2 heterocycles. The summed E-state index contributed by atoms with van der Waals surface area (Å²) < 4.78 is 1.69. The van der Waals surface area contributed by atoms with Crippen molar-refractivity contribution in [2.45, 2.75) is 6.54 Å². The van der Waals surface area contributed by atoms with E-state index in [-0.39, 0.29) is 11.6 Å². The first kappa shape index (κ1) is 16.8. The Balaban J connectivity index is 1.51. The lowest BCUT2D eigenvalue weighted by molar-refractivity contribution is 0.102. The van der Waals surface area contributed by atoms with Crippen LogP contribution in [0.2, 0.25) is 5.02 Å². The Morgan fingerprint density at radius 1 is 1.30 bits per heavy atom. The molecule has 0 fully saturated rings. The summed E-state index contributed by atoms with van der Waals surface area (Å²) in [4.78, 5) is 12.5. The van der Waals surface area contributed by atoms with Crippen molar-refractivity contribution < 1.29 is 4.79 Å². The number of amides is 1. The molecule has 0 spiro atoms. The van der Waals surface area contributed by atoms with Crippen molar-refractivity contribution >= 4 is 34.1 Å². The van der Waals surface area contributed by atoms with E-state index in [2.05, 4.69) is 26.7 Å². The third kappa shape index (κ3) is 3.52. The number of aromatic amines is 1. The van der Waals surface area contributed by atoms with Gasteiger partial charge in [-0.2, -0.15) is 15.5 Å². The van der Waals surface area contributed by atoms with Gasteiger partial charge >= 0.3 is 0 Å². The number of carbonyl (C=O) groups excluding carboxylic acids is 1. The van der Waals surface area contributed by atoms with Crippen LogP contribution in [0.25, 0.3) is 10.9 Å². The van der Waals surface area contributed by atoms with Gasteiger partial charge in [-0.15, -0.1) is 0 Å². The van der Waals surface area contributed by atoms with E-state index in [1.54, 1.807) is 47.4 Å². The maximum atomic E-state index is 12.5. The second-order valence-electron chi connectivity index (χ2n) is 5.96. The molecule has 0 aliphatic carbocycles. The van der Waals surface area contributed by atoms with Crippen LogP contribution in [0, 0.1) is 11.3 Å². The molecule has 0 saturated heterocycles. The van der Waals surface area contributed by atoms with Crippen molar-refractivity contribution in [3.8, 4) is 6.07 Å². The van der Waals surface area contributed by atoms with E-state index < -0.39 is 0 Å². The molecule has 2 aromatic carbocycles. The van der Waals surface area contributed by atoms with Crippen molar-refractivity contribution in [3.05, 3.63) is 76.7 Å². The minimum Gasteiger partial charge on any atom is -0.318 e. The lowest BCUT2D eigenvalue weighted by Gasteiger charge is -2.02. The van der Waals surface area contributed by atoms with Crippen molar-refractivity contribution in [2.75, 3.05) is 5.32 Å². The first-order chi connectivity index (χ1) is 13.1. The van der Waals surface area contributed by atoms with E-state index in [1.807, 2.05) is 12.1 Å². The Bertz CT molecular complexity index is 1190. The van der Waals surface area contributed by atoms with E-state index in [9.17, 15) is 4.79 Å². The zero-order valence-corrected chi connectivity index (χ0v) is 14.7. The molecular formula is C19H13ClN6O. The number of anilines is 1. The van der Waals surface area contributed by atoms with Gasteiger partial charge in [0.05, 0.1) is 35.6 Å². The summed E-state index contributed by atoms with van der Waals surface area (Å²) in [7, 11) is 0. The van der Waals surface area contributed by atoms with Crippen LogP contribution in [0.1, 0.15) is 21.6 Å². The van der Waals surface area contributed by atoms with Crippen LogP contribution in [-0.4, -0.2) is 25.9 Å². The third-order valence-electron chi connectivity index (χ3n) is 4.03. The molecule has 8 heteroatoms. The number of rotatable bonds is 4. The van der Waals surface area contributed by atoms with Crippen molar-refractivity contribution in [1.29, 1.82) is 5.26 Å². The normalized spacial score (nSPS) is 10.7. The lowest BCUT2D eigenvalue weighted by atomic mass is 10.1. The number of aromatic nitrogens is 4. The molecule has 0 radical (unpaired) electrons. The highest BCUT2D eigenvalue weighted by molar-refractivity contribution is 6.31. The predicted molar refractivity (Wildman–Crippen MR) is 102 cm³/mol. The SMILES string of the molecule is N#Cc1cccc(Cn2cc(NC(=O)c3n[nH]c4ccc(Cl)cc34)cn2)c1. The van der Waals surface area contributed by atoms with Gasteiger partial charge in [0.1, 0.15) is 0 Å². The second kappa shape index (κ2) is 6.94. The maximum absolute atomic E-state index is 12.5. The summed E-state index contributed by atoms with van der Waals surface area (Å²) in [6.07, 6.45) is 3.28. The summed E-state index contributed by atoms with van der Waals surface area (Å²) in [6.45, 7) is 0.492. The molecule has 0 aliphatic heterocycles. The molecule has 4 rings (SSSR count). The molecule has 132 valence electrons. The summed E-state index contributed by atoms with van der Waals surface area (Å²) in [5, 5.41) is 24.1. The third-order valence-corrected chi connectivity index (χ3v) is 4.27. The van der Waals surface area contributed by atoms with Crippen molar-refractivity contribution in [2.24, 2.45) is 0 Å². The van der Waals surface area contributed by atoms with Crippen LogP contribution >= 0.6 is 11.6 Å². The van der Waals surface area contributed by atoms with Crippen LogP contribution in [0.3, 0.4) is 0 Å². The summed E-state index contributed by atoms with van der Waals surface area (Å²) in [5.41, 5.74) is 3.09. The first-order valence-corrected chi connectivity index (χ1v) is 8.46. The molecule has 1 amide bonds. The van der Waals surface area contributed by atoms with Crippen molar-refractivity contribution in [1.82, 2.24) is 20.0 Å². The van der Waals surface area contributed by atoms with Gasteiger partial charge in [-0.1, -0.05) is 23.7 Å². The Kier molecular flexibility index (Phi) is 4.32. The minimum atomic E-state index is -0.352. The molecule has 0 atom stereocenters. The largest absolute Gasteiger partial charge is 0.318 e. The summed E-state index contributed by atoms with van der Waals surface area (Å²) in [6, 6.07) is 14.6. The highest BCUT2D eigenvalue weighted by atomic mass is 35.5. The van der Waals surface area contributed by atoms with Gasteiger partial charge in [0.25, 0.3) is 5.91 Å². The van der Waals surface area contributed by atoms with E-state index in [0.29, 0.717) is 28.2 Å². The molecule has 2 aromatic heterocycles. The lowest BCUT2D eigenvalue weighted by Crippen LogP contribution is -2.12. The molecule has 0 unspecified atom stereocenters. The number of nitrogens with one attached hydrogen (secondary N) is 2. The first-order valence-electron chi connectivity index (χ1n) is 8.09. The van der Waals surface area contributed by atoms with Gasteiger partial charge in [-0.25, -0.2) is 0 Å². The van der Waals surface area contributed by atoms with E-state index >= 15 is 0 Å². The van der Waals surface area contributed by atoms with Crippen LogP contribution in [-0.2, 0) is 6.54 Å². The average molecular weight is 377 g/mol. The van der Waals surface area contributed by atoms with Crippen LogP contribution in [0.5, 0.6) is 0 Å². The quantitative estimate of drug-likeness (QED) is 0.568. The molecule has 7 nitrogen and oxygen atoms in total. The fraction of sp³-hybridized carbons (Fsp3) is 0.0526. The zero-order valence-electron chi connectivity index (χ0n) is 14.0. The van der Waals surface area contributed by atoms with Gasteiger partial charge in [-0.05, 0) is 35.9 Å². The number of hydrogen-bond donors (Lipinski definition) is 2. The Morgan fingerprint density at radius 2 is 2.19 bits per heavy atom. The highest BCUT2D eigenvalue weighted by Gasteiger charge is 2.15. The van der Waals surface area contributed by atoms with Gasteiger partial charge in [0.15, 0.2) is 5.69 Å². The number of fused-ring (bicyclic) bond motifs is 1. The number of benzene rings is 2. The fourth-order valence-electron chi connectivity index (χ4n) is 2.79. The summed E-state index contributed by atoms with van der Waals surface area (Å²) >= 11 is 6.01. The molecule has 27 heavy (non-hydrogen) atoms. The van der Waals surface area contributed by atoms with Gasteiger partial charge in [-0.3, -0.25) is 14.6 Å². The zero-order chi connectivity index (χ0) is 18.8. The topological polar surface area (TPSA) is 99.4 Å². The van der Waals surface area contributed by atoms with Crippen LogP contribution < -0.4 is 5.32 Å². The molecule has 0 aliphatic rings. The standard InChI is InChI=1S/C19H13ClN6O/c20-14-4-5-17-16(7-14)18(25-24-17)19(27)23-15-9-22-26(11-15)10-13-3-1-2-12(6-13)8-21/h1-7,9,11H,10H2,(H,23,27)(H,24,25). The Hall–Kier alpha value is -3.63. The van der Waals surface area contributed by atoms with Gasteiger partial charge < -0.3 is 5.32 Å². The number of hydrogen-bond acceptors (Lipinski definition) is 4. The molecule has 0 saturated carbocycles.